The minimum absolute atomic E-state index is 0.637. The number of rotatable bonds is 2. The molecule has 0 bridgehead atoms. The molecule has 0 spiro atoms. The second-order valence-corrected chi connectivity index (χ2v) is 4.19. The molecule has 2 aromatic rings. The Morgan fingerprint density at radius 2 is 2.06 bits per heavy atom. The highest BCUT2D eigenvalue weighted by Crippen LogP contribution is 2.24. The van der Waals surface area contributed by atoms with Gasteiger partial charge in [-0.25, -0.2) is 0 Å². The molecule has 0 aliphatic rings. The van der Waals surface area contributed by atoms with Crippen molar-refractivity contribution in [3.8, 4) is 0 Å². The van der Waals surface area contributed by atoms with Crippen molar-refractivity contribution in [2.75, 3.05) is 0 Å². The zero-order valence-electron chi connectivity index (χ0n) is 8.89. The topological polar surface area (TPSA) is 33.1 Å². The van der Waals surface area contributed by atoms with Gasteiger partial charge in [0.25, 0.3) is 0 Å². The molecule has 0 saturated carbocycles. The van der Waals surface area contributed by atoms with E-state index in [4.69, 9.17) is 11.6 Å². The number of hydrogen-bond donors (Lipinski definition) is 1. The van der Waals surface area contributed by atoms with Gasteiger partial charge in [-0.15, -0.1) is 0 Å². The van der Waals surface area contributed by atoms with Gasteiger partial charge in [-0.1, -0.05) is 23.7 Å². The molecule has 0 radical (unpaired) electrons. The van der Waals surface area contributed by atoms with E-state index in [1.54, 1.807) is 24.5 Å². The molecule has 1 unspecified atom stereocenters. The summed E-state index contributed by atoms with van der Waals surface area (Å²) in [6.45, 7) is 1.95. The predicted octanol–water partition coefficient (Wildman–Crippen LogP) is 3.13. The van der Waals surface area contributed by atoms with Crippen molar-refractivity contribution in [3.05, 3.63) is 64.4 Å². The van der Waals surface area contributed by atoms with Crippen LogP contribution in [-0.4, -0.2) is 10.1 Å². The molecule has 3 heteroatoms. The average Bonchev–Trinajstić information content (AvgIpc) is 2.28. The van der Waals surface area contributed by atoms with Gasteiger partial charge in [0.15, 0.2) is 0 Å². The summed E-state index contributed by atoms with van der Waals surface area (Å²) in [4.78, 5) is 3.98. The number of benzene rings is 1. The SMILES string of the molecule is Cc1cc(Cl)cc(C(O)c2cccnc2)c1. The number of hydrogen-bond acceptors (Lipinski definition) is 2. The van der Waals surface area contributed by atoms with Gasteiger partial charge in [0.2, 0.25) is 0 Å². The predicted molar refractivity (Wildman–Crippen MR) is 64.5 cm³/mol. The van der Waals surface area contributed by atoms with E-state index in [-0.39, 0.29) is 0 Å². The van der Waals surface area contributed by atoms with E-state index in [2.05, 4.69) is 4.98 Å². The number of pyridine rings is 1. The fourth-order valence-corrected chi connectivity index (χ4v) is 1.95. The number of aromatic nitrogens is 1. The molecule has 1 atom stereocenters. The van der Waals surface area contributed by atoms with Gasteiger partial charge < -0.3 is 5.11 Å². The zero-order valence-corrected chi connectivity index (χ0v) is 9.65. The van der Waals surface area contributed by atoms with Crippen LogP contribution < -0.4 is 0 Å². The van der Waals surface area contributed by atoms with Crippen LogP contribution in [0.15, 0.2) is 42.7 Å². The normalized spacial score (nSPS) is 12.4. The molecule has 1 heterocycles. The van der Waals surface area contributed by atoms with Crippen LogP contribution in [0.2, 0.25) is 5.02 Å². The van der Waals surface area contributed by atoms with E-state index < -0.39 is 6.10 Å². The molecule has 0 saturated heterocycles. The molecule has 2 rings (SSSR count). The van der Waals surface area contributed by atoms with Gasteiger partial charge in [-0.2, -0.15) is 0 Å². The van der Waals surface area contributed by atoms with Crippen LogP contribution in [0.5, 0.6) is 0 Å². The van der Waals surface area contributed by atoms with Gasteiger partial charge in [0.05, 0.1) is 0 Å². The molecule has 0 aliphatic carbocycles. The van der Waals surface area contributed by atoms with Crippen molar-refractivity contribution in [1.29, 1.82) is 0 Å². The van der Waals surface area contributed by atoms with E-state index in [0.717, 1.165) is 16.7 Å². The van der Waals surface area contributed by atoms with E-state index in [9.17, 15) is 5.11 Å². The molecule has 82 valence electrons. The number of nitrogens with zero attached hydrogens (tertiary/aromatic N) is 1. The third-order valence-electron chi connectivity index (χ3n) is 2.38. The van der Waals surface area contributed by atoms with Crippen LogP contribution in [0.3, 0.4) is 0 Å². The minimum atomic E-state index is -0.675. The molecule has 1 aromatic carbocycles. The molecule has 16 heavy (non-hydrogen) atoms. The summed E-state index contributed by atoms with van der Waals surface area (Å²) in [5.41, 5.74) is 2.59. The Labute approximate surface area is 99.5 Å². The average molecular weight is 234 g/mol. The lowest BCUT2D eigenvalue weighted by Gasteiger charge is -2.12. The molecular formula is C13H12ClNO. The highest BCUT2D eigenvalue weighted by Gasteiger charge is 2.11. The Morgan fingerprint density at radius 1 is 1.25 bits per heavy atom. The molecule has 0 aliphatic heterocycles. The summed E-state index contributed by atoms with van der Waals surface area (Å²) in [6, 6.07) is 9.20. The van der Waals surface area contributed by atoms with E-state index in [1.165, 1.54) is 0 Å². The summed E-state index contributed by atoms with van der Waals surface area (Å²) in [7, 11) is 0. The van der Waals surface area contributed by atoms with Crippen molar-refractivity contribution in [2.24, 2.45) is 0 Å². The third kappa shape index (κ3) is 2.40. The number of aliphatic hydroxyl groups excluding tert-OH is 1. The summed E-state index contributed by atoms with van der Waals surface area (Å²) in [5.74, 6) is 0. The van der Waals surface area contributed by atoms with Gasteiger partial charge in [0, 0.05) is 23.0 Å². The molecule has 2 nitrogen and oxygen atoms in total. The Morgan fingerprint density at radius 3 is 2.69 bits per heavy atom. The molecule has 1 N–H and O–H groups in total. The summed E-state index contributed by atoms with van der Waals surface area (Å²) in [5, 5.41) is 10.8. The van der Waals surface area contributed by atoms with Crippen LogP contribution in [0.25, 0.3) is 0 Å². The van der Waals surface area contributed by atoms with Crippen molar-refractivity contribution < 1.29 is 5.11 Å². The number of aliphatic hydroxyl groups is 1. The summed E-state index contributed by atoms with van der Waals surface area (Å²) >= 11 is 5.95. The van der Waals surface area contributed by atoms with Crippen LogP contribution in [-0.2, 0) is 0 Å². The van der Waals surface area contributed by atoms with E-state index in [0.29, 0.717) is 5.02 Å². The second-order valence-electron chi connectivity index (χ2n) is 3.75. The minimum Gasteiger partial charge on any atom is -0.384 e. The first-order valence-electron chi connectivity index (χ1n) is 5.02. The fraction of sp³-hybridized carbons (Fsp3) is 0.154. The fourth-order valence-electron chi connectivity index (χ4n) is 1.65. The van der Waals surface area contributed by atoms with Gasteiger partial charge in [-0.3, -0.25) is 4.98 Å². The van der Waals surface area contributed by atoms with Crippen molar-refractivity contribution >= 4 is 11.6 Å². The van der Waals surface area contributed by atoms with Crippen molar-refractivity contribution in [2.45, 2.75) is 13.0 Å². The van der Waals surface area contributed by atoms with Crippen LogP contribution in [0, 0.1) is 6.92 Å². The monoisotopic (exact) mass is 233 g/mol. The lowest BCUT2D eigenvalue weighted by Crippen LogP contribution is -2.00. The van der Waals surface area contributed by atoms with E-state index >= 15 is 0 Å². The second kappa shape index (κ2) is 4.64. The summed E-state index contributed by atoms with van der Waals surface area (Å²) in [6.07, 6.45) is 2.66. The largest absolute Gasteiger partial charge is 0.384 e. The van der Waals surface area contributed by atoms with E-state index in [1.807, 2.05) is 25.1 Å². The maximum absolute atomic E-state index is 10.1. The molecule has 0 amide bonds. The van der Waals surface area contributed by atoms with Gasteiger partial charge in [0.1, 0.15) is 6.10 Å². The zero-order chi connectivity index (χ0) is 11.5. The third-order valence-corrected chi connectivity index (χ3v) is 2.60. The standard InChI is InChI=1S/C13H12ClNO/c1-9-5-11(7-12(14)6-9)13(16)10-3-2-4-15-8-10/h2-8,13,16H,1H3. The van der Waals surface area contributed by atoms with Gasteiger partial charge in [-0.05, 0) is 36.2 Å². The molecule has 0 fully saturated rings. The highest BCUT2D eigenvalue weighted by atomic mass is 35.5. The maximum Gasteiger partial charge on any atom is 0.106 e. The van der Waals surface area contributed by atoms with Crippen LogP contribution in [0.4, 0.5) is 0 Å². The van der Waals surface area contributed by atoms with Gasteiger partial charge >= 0.3 is 0 Å². The van der Waals surface area contributed by atoms with Crippen LogP contribution >= 0.6 is 11.6 Å². The first-order chi connectivity index (χ1) is 7.66. The van der Waals surface area contributed by atoms with Crippen LogP contribution in [0.1, 0.15) is 22.8 Å². The number of aryl methyl sites for hydroxylation is 1. The summed E-state index contributed by atoms with van der Waals surface area (Å²) < 4.78 is 0. The smallest absolute Gasteiger partial charge is 0.106 e. The van der Waals surface area contributed by atoms with Crippen molar-refractivity contribution in [3.63, 3.8) is 0 Å². The molecule has 1 aromatic heterocycles. The first kappa shape index (κ1) is 11.1. The Kier molecular flexibility index (Phi) is 3.22. The number of halogens is 1. The van der Waals surface area contributed by atoms with Crippen molar-refractivity contribution in [1.82, 2.24) is 4.98 Å². The molecular weight excluding hydrogens is 222 g/mol. The lowest BCUT2D eigenvalue weighted by atomic mass is 10.0. The Bertz CT molecular complexity index is 464. The quantitative estimate of drug-likeness (QED) is 0.865. The highest BCUT2D eigenvalue weighted by molar-refractivity contribution is 6.30. The maximum atomic E-state index is 10.1. The first-order valence-corrected chi connectivity index (χ1v) is 5.39. The Hall–Kier alpha value is -1.38. The lowest BCUT2D eigenvalue weighted by molar-refractivity contribution is 0.220. The Balaban J connectivity index is 2.37.